The van der Waals surface area contributed by atoms with Gasteiger partial charge in [0.25, 0.3) is 11.8 Å². The summed E-state index contributed by atoms with van der Waals surface area (Å²) in [6.45, 7) is 5.08. The second kappa shape index (κ2) is 9.36. The molecule has 0 fully saturated rings. The lowest BCUT2D eigenvalue weighted by Gasteiger charge is -2.17. The van der Waals surface area contributed by atoms with Crippen LogP contribution in [0.3, 0.4) is 0 Å². The number of carbonyl (C=O) groups is 2. The Morgan fingerprint density at radius 2 is 1.89 bits per heavy atom. The minimum absolute atomic E-state index is 0.310. The maximum atomic E-state index is 13.0. The Kier molecular flexibility index (Phi) is 7.18. The minimum atomic E-state index is -0.807. The van der Waals surface area contributed by atoms with Gasteiger partial charge < -0.3 is 9.47 Å². The zero-order valence-corrected chi connectivity index (χ0v) is 16.7. The lowest BCUT2D eigenvalue weighted by molar-refractivity contribution is -0.133. The van der Waals surface area contributed by atoms with E-state index >= 15 is 0 Å². The van der Waals surface area contributed by atoms with Crippen molar-refractivity contribution >= 4 is 27.7 Å². The fraction of sp³-hybridized carbons (Fsp3) is 0.263. The molecule has 27 heavy (non-hydrogen) atoms. The minimum Gasteiger partial charge on any atom is -0.483 e. The molecule has 0 aromatic heterocycles. The summed E-state index contributed by atoms with van der Waals surface area (Å²) in [5.74, 6) is -0.590. The Morgan fingerprint density at radius 1 is 1.15 bits per heavy atom. The number of hydrazine groups is 1. The summed E-state index contributed by atoms with van der Waals surface area (Å²) >= 11 is 3.14. The van der Waals surface area contributed by atoms with Crippen molar-refractivity contribution in [2.45, 2.75) is 26.9 Å². The first-order valence-corrected chi connectivity index (χ1v) is 8.96. The van der Waals surface area contributed by atoms with Gasteiger partial charge in [0.05, 0.1) is 4.47 Å². The second-order valence-electron chi connectivity index (χ2n) is 5.86. The van der Waals surface area contributed by atoms with E-state index in [-0.39, 0.29) is 6.61 Å². The molecule has 6 nitrogen and oxygen atoms in total. The molecule has 0 saturated carbocycles. The maximum Gasteiger partial charge on any atom is 0.279 e. The number of halogens is 2. The molecule has 2 aromatic carbocycles. The van der Waals surface area contributed by atoms with Crippen LogP contribution >= 0.6 is 15.9 Å². The highest BCUT2D eigenvalue weighted by Gasteiger charge is 2.17. The molecule has 0 spiro atoms. The number of benzene rings is 2. The van der Waals surface area contributed by atoms with Crippen LogP contribution in [0.1, 0.15) is 18.1 Å². The molecular weight excluding hydrogens is 419 g/mol. The number of carbonyl (C=O) groups excluding carboxylic acids is 2. The molecule has 2 N–H and O–H groups in total. The van der Waals surface area contributed by atoms with Crippen LogP contribution in [0.5, 0.6) is 11.5 Å². The van der Waals surface area contributed by atoms with Crippen molar-refractivity contribution in [3.8, 4) is 11.5 Å². The summed E-state index contributed by atoms with van der Waals surface area (Å²) in [7, 11) is 0. The Bertz CT molecular complexity index is 844. The quantitative estimate of drug-likeness (QED) is 0.678. The second-order valence-corrected chi connectivity index (χ2v) is 6.71. The Hall–Kier alpha value is -2.61. The van der Waals surface area contributed by atoms with Crippen LogP contribution < -0.4 is 20.3 Å². The first-order valence-electron chi connectivity index (χ1n) is 8.17. The van der Waals surface area contributed by atoms with E-state index in [0.29, 0.717) is 16.0 Å². The average molecular weight is 439 g/mol. The zero-order valence-electron chi connectivity index (χ0n) is 15.1. The highest BCUT2D eigenvalue weighted by molar-refractivity contribution is 9.10. The predicted octanol–water partition coefficient (Wildman–Crippen LogP) is 3.20. The van der Waals surface area contributed by atoms with E-state index in [4.69, 9.17) is 9.47 Å². The summed E-state index contributed by atoms with van der Waals surface area (Å²) in [6.07, 6.45) is -0.807. The van der Waals surface area contributed by atoms with Gasteiger partial charge in [0.2, 0.25) is 0 Å². The van der Waals surface area contributed by atoms with Gasteiger partial charge in [0, 0.05) is 0 Å². The van der Waals surface area contributed by atoms with E-state index in [9.17, 15) is 14.0 Å². The molecule has 0 saturated heterocycles. The lowest BCUT2D eigenvalue weighted by Crippen LogP contribution is -2.48. The van der Waals surface area contributed by atoms with E-state index in [1.165, 1.54) is 18.2 Å². The lowest BCUT2D eigenvalue weighted by atomic mass is 10.1. The fourth-order valence-corrected chi connectivity index (χ4v) is 2.57. The van der Waals surface area contributed by atoms with Crippen molar-refractivity contribution in [1.29, 1.82) is 0 Å². The van der Waals surface area contributed by atoms with Gasteiger partial charge in [-0.2, -0.15) is 0 Å². The molecule has 8 heteroatoms. The van der Waals surface area contributed by atoms with Gasteiger partial charge in [0.1, 0.15) is 17.3 Å². The Labute approximate surface area is 165 Å². The normalized spacial score (nSPS) is 11.4. The van der Waals surface area contributed by atoms with Crippen LogP contribution in [0, 0.1) is 19.7 Å². The van der Waals surface area contributed by atoms with Crippen molar-refractivity contribution in [3.05, 3.63) is 57.8 Å². The topological polar surface area (TPSA) is 76.7 Å². The third-order valence-electron chi connectivity index (χ3n) is 3.81. The van der Waals surface area contributed by atoms with E-state index in [1.807, 2.05) is 26.0 Å². The summed E-state index contributed by atoms with van der Waals surface area (Å²) in [5.41, 5.74) is 6.52. The maximum absolute atomic E-state index is 13.0. The Balaban J connectivity index is 1.80. The summed E-state index contributed by atoms with van der Waals surface area (Å²) in [6, 6.07) is 9.40. The van der Waals surface area contributed by atoms with E-state index < -0.39 is 23.7 Å². The van der Waals surface area contributed by atoms with Crippen LogP contribution in [0.25, 0.3) is 0 Å². The summed E-state index contributed by atoms with van der Waals surface area (Å²) < 4.78 is 24.3. The largest absolute Gasteiger partial charge is 0.483 e. The third-order valence-corrected chi connectivity index (χ3v) is 4.43. The average Bonchev–Trinajstić information content (AvgIpc) is 2.62. The standard InChI is InChI=1S/C19H20BrFN2O4/c1-11-5-4-6-16(12(11)2)27-13(3)19(25)23-22-18(24)10-26-17-8-7-14(21)9-15(17)20/h4-9,13H,10H2,1-3H3,(H,22,24)(H,23,25)/t13-/m1/s1. The molecule has 1 atom stereocenters. The smallest absolute Gasteiger partial charge is 0.279 e. The van der Waals surface area contributed by atoms with Crippen LogP contribution in [-0.4, -0.2) is 24.5 Å². The third kappa shape index (κ3) is 5.96. The fourth-order valence-electron chi connectivity index (χ4n) is 2.10. The van der Waals surface area contributed by atoms with Gasteiger partial charge in [-0.25, -0.2) is 4.39 Å². The van der Waals surface area contributed by atoms with Crippen molar-refractivity contribution in [3.63, 3.8) is 0 Å². The van der Waals surface area contributed by atoms with E-state index in [0.717, 1.165) is 11.1 Å². The number of nitrogens with one attached hydrogen (secondary N) is 2. The molecule has 0 aliphatic rings. The molecule has 0 heterocycles. The monoisotopic (exact) mass is 438 g/mol. The molecule has 144 valence electrons. The molecule has 0 radical (unpaired) electrons. The highest BCUT2D eigenvalue weighted by atomic mass is 79.9. The number of hydrogen-bond acceptors (Lipinski definition) is 4. The highest BCUT2D eigenvalue weighted by Crippen LogP contribution is 2.25. The molecule has 0 aliphatic carbocycles. The summed E-state index contributed by atoms with van der Waals surface area (Å²) in [5, 5.41) is 0. The molecule has 0 unspecified atom stereocenters. The number of ether oxygens (including phenoxy) is 2. The van der Waals surface area contributed by atoms with Crippen molar-refractivity contribution in [2.24, 2.45) is 0 Å². The number of aryl methyl sites for hydroxylation is 1. The SMILES string of the molecule is Cc1cccc(O[C@H](C)C(=O)NNC(=O)COc2ccc(F)cc2Br)c1C. The number of rotatable bonds is 6. The first kappa shape index (κ1) is 20.7. The van der Waals surface area contributed by atoms with Crippen molar-refractivity contribution in [1.82, 2.24) is 10.9 Å². The van der Waals surface area contributed by atoms with Gasteiger partial charge in [0.15, 0.2) is 12.7 Å². The van der Waals surface area contributed by atoms with Gasteiger partial charge in [-0.3, -0.25) is 20.4 Å². The van der Waals surface area contributed by atoms with Crippen LogP contribution in [0.2, 0.25) is 0 Å². The molecule has 0 aliphatic heterocycles. The van der Waals surface area contributed by atoms with Gasteiger partial charge in [-0.05, 0) is 72.1 Å². The zero-order chi connectivity index (χ0) is 20.0. The Morgan fingerprint density at radius 3 is 2.59 bits per heavy atom. The van der Waals surface area contributed by atoms with Crippen LogP contribution in [0.15, 0.2) is 40.9 Å². The number of amides is 2. The van der Waals surface area contributed by atoms with Gasteiger partial charge in [-0.1, -0.05) is 12.1 Å². The molecule has 2 aromatic rings. The molecule has 0 bridgehead atoms. The van der Waals surface area contributed by atoms with Crippen LogP contribution in [0.4, 0.5) is 4.39 Å². The molecule has 2 rings (SSSR count). The van der Waals surface area contributed by atoms with E-state index in [2.05, 4.69) is 26.8 Å². The summed E-state index contributed by atoms with van der Waals surface area (Å²) in [4.78, 5) is 23.9. The van der Waals surface area contributed by atoms with Gasteiger partial charge >= 0.3 is 0 Å². The first-order chi connectivity index (χ1) is 12.8. The van der Waals surface area contributed by atoms with E-state index in [1.54, 1.807) is 13.0 Å². The van der Waals surface area contributed by atoms with Crippen molar-refractivity contribution in [2.75, 3.05) is 6.61 Å². The molecule has 2 amide bonds. The molecular formula is C19H20BrFN2O4. The van der Waals surface area contributed by atoms with Crippen molar-refractivity contribution < 1.29 is 23.5 Å². The van der Waals surface area contributed by atoms with Gasteiger partial charge in [-0.15, -0.1) is 0 Å². The predicted molar refractivity (Wildman–Crippen MR) is 102 cm³/mol. The number of hydrogen-bond donors (Lipinski definition) is 2. The van der Waals surface area contributed by atoms with Crippen LogP contribution in [-0.2, 0) is 9.59 Å².